The van der Waals surface area contributed by atoms with Crippen molar-refractivity contribution < 1.29 is 38.8 Å². The molecule has 0 unspecified atom stereocenters. The van der Waals surface area contributed by atoms with Crippen LogP contribution in [0.1, 0.15) is 47.5 Å². The summed E-state index contributed by atoms with van der Waals surface area (Å²) in [5.74, 6) is -4.39. The van der Waals surface area contributed by atoms with Gasteiger partial charge in [-0.15, -0.1) is 0 Å². The number of piperidine rings is 1. The highest BCUT2D eigenvalue weighted by Crippen LogP contribution is 2.48. The fourth-order valence-corrected chi connectivity index (χ4v) is 4.29. The summed E-state index contributed by atoms with van der Waals surface area (Å²) in [7, 11) is 0. The predicted molar refractivity (Wildman–Crippen MR) is 93.1 cm³/mol. The first-order chi connectivity index (χ1) is 12.3. The average Bonchev–Trinajstić information content (AvgIpc) is 2.51. The maximum atomic E-state index is 12.0. The Hall–Kier alpha value is -1.71. The van der Waals surface area contributed by atoms with E-state index in [4.69, 9.17) is 14.2 Å². The van der Waals surface area contributed by atoms with Gasteiger partial charge in [0.25, 0.3) is 0 Å². The van der Waals surface area contributed by atoms with Gasteiger partial charge in [0.05, 0.1) is 26.4 Å². The van der Waals surface area contributed by atoms with E-state index in [0.29, 0.717) is 19.4 Å². The monoisotopic (exact) mass is 387 g/mol. The van der Waals surface area contributed by atoms with Crippen LogP contribution >= 0.6 is 0 Å². The van der Waals surface area contributed by atoms with E-state index in [9.17, 15) is 24.6 Å². The van der Waals surface area contributed by atoms with Crippen molar-refractivity contribution in [2.45, 2.75) is 64.3 Å². The number of likely N-dealkylation sites (tertiary alicyclic amines) is 1. The summed E-state index contributed by atoms with van der Waals surface area (Å²) in [6, 6.07) is 0. The molecular weight excluding hydrogens is 358 g/mol. The van der Waals surface area contributed by atoms with Gasteiger partial charge in [-0.2, -0.15) is 0 Å². The van der Waals surface area contributed by atoms with Crippen LogP contribution in [0.25, 0.3) is 0 Å². The predicted octanol–water partition coefficient (Wildman–Crippen LogP) is 1.10. The largest absolute Gasteiger partial charge is 0.480 e. The van der Waals surface area contributed by atoms with Crippen LogP contribution in [0.3, 0.4) is 0 Å². The molecule has 27 heavy (non-hydrogen) atoms. The number of carboxylic acid groups (broad SMARTS) is 2. The maximum Gasteiger partial charge on any atom is 0.325 e. The van der Waals surface area contributed by atoms with Crippen molar-refractivity contribution >= 4 is 17.9 Å². The first-order valence-corrected chi connectivity index (χ1v) is 8.98. The number of rotatable bonds is 5. The van der Waals surface area contributed by atoms with Gasteiger partial charge >= 0.3 is 17.9 Å². The third kappa shape index (κ3) is 3.95. The van der Waals surface area contributed by atoms with E-state index in [-0.39, 0.29) is 12.5 Å². The Morgan fingerprint density at radius 2 is 1.41 bits per heavy atom. The molecule has 0 saturated carbocycles. The lowest BCUT2D eigenvalue weighted by molar-refractivity contribution is -0.336. The molecule has 0 aromatic heterocycles. The van der Waals surface area contributed by atoms with Crippen molar-refractivity contribution in [1.29, 1.82) is 0 Å². The molecule has 0 amide bonds. The molecule has 2 aliphatic heterocycles. The Morgan fingerprint density at radius 3 is 1.78 bits per heavy atom. The molecule has 154 valence electrons. The molecular formula is C18H29NO8. The highest BCUT2D eigenvalue weighted by atomic mass is 16.7. The molecule has 2 rings (SSSR count). The Kier molecular flexibility index (Phi) is 5.62. The lowest BCUT2D eigenvalue weighted by Crippen LogP contribution is -2.70. The highest BCUT2D eigenvalue weighted by Gasteiger charge is 2.60. The van der Waals surface area contributed by atoms with Gasteiger partial charge in [-0.3, -0.25) is 19.3 Å². The Bertz CT molecular complexity index is 583. The third-order valence-corrected chi connectivity index (χ3v) is 5.44. The van der Waals surface area contributed by atoms with Crippen molar-refractivity contribution in [2.24, 2.45) is 5.41 Å². The molecule has 2 saturated heterocycles. The Morgan fingerprint density at radius 1 is 0.963 bits per heavy atom. The van der Waals surface area contributed by atoms with E-state index >= 15 is 0 Å². The number of hydrogen-bond acceptors (Lipinski definition) is 7. The molecule has 0 bridgehead atoms. The molecule has 0 radical (unpaired) electrons. The number of nitrogens with zero attached hydrogens (tertiary/aromatic N) is 1. The number of hydrogen-bond donors (Lipinski definition) is 2. The minimum atomic E-state index is -2.11. The van der Waals surface area contributed by atoms with Crippen LogP contribution in [0.15, 0.2) is 0 Å². The van der Waals surface area contributed by atoms with E-state index < -0.39 is 47.4 Å². The number of carbonyl (C=O) groups is 3. The molecule has 2 fully saturated rings. The highest BCUT2D eigenvalue weighted by molar-refractivity contribution is 5.98. The normalized spacial score (nSPS) is 25.7. The molecule has 1 spiro atoms. The van der Waals surface area contributed by atoms with Crippen molar-refractivity contribution in [3.05, 3.63) is 0 Å². The molecule has 0 atom stereocenters. The summed E-state index contributed by atoms with van der Waals surface area (Å²) in [6.07, 6.45) is 0.719. The molecule has 9 nitrogen and oxygen atoms in total. The molecule has 2 N–H and O–H groups in total. The minimum Gasteiger partial charge on any atom is -0.480 e. The average molecular weight is 387 g/mol. The van der Waals surface area contributed by atoms with Crippen LogP contribution in [0, 0.1) is 5.41 Å². The van der Waals surface area contributed by atoms with E-state index in [0.717, 1.165) is 0 Å². The summed E-state index contributed by atoms with van der Waals surface area (Å²) in [4.78, 5) is 37.0. The quantitative estimate of drug-likeness (QED) is 0.527. The van der Waals surface area contributed by atoms with Gasteiger partial charge < -0.3 is 24.4 Å². The second kappa shape index (κ2) is 7.03. The van der Waals surface area contributed by atoms with Crippen LogP contribution < -0.4 is 0 Å². The molecule has 9 heteroatoms. The molecule has 2 aliphatic rings. The number of aliphatic carboxylic acids is 2. The van der Waals surface area contributed by atoms with Crippen LogP contribution in [0.2, 0.25) is 0 Å². The summed E-state index contributed by atoms with van der Waals surface area (Å²) in [5, 5.41) is 18.7. The summed E-state index contributed by atoms with van der Waals surface area (Å²) in [6.45, 7) is 8.99. The Balaban J connectivity index is 2.23. The van der Waals surface area contributed by atoms with Crippen LogP contribution in [-0.2, 0) is 28.6 Å². The Labute approximate surface area is 158 Å². The van der Waals surface area contributed by atoms with Gasteiger partial charge in [-0.25, -0.2) is 0 Å². The standard InChI is InChI=1S/C18H29NO8/c1-6-25-12(20)7-19-15(2,3)8-18(9-16(19,4)5)26-10-17(11-27-18,13(21)22)14(23)24/h6-11H2,1-5H3,(H,21,22)(H,23,24). The second-order valence-corrected chi connectivity index (χ2v) is 8.55. The van der Waals surface area contributed by atoms with E-state index in [1.165, 1.54) is 0 Å². The zero-order chi connectivity index (χ0) is 20.7. The number of carbonyl (C=O) groups excluding carboxylic acids is 1. The minimum absolute atomic E-state index is 0.109. The second-order valence-electron chi connectivity index (χ2n) is 8.55. The van der Waals surface area contributed by atoms with Gasteiger partial charge in [0.1, 0.15) is 0 Å². The third-order valence-electron chi connectivity index (χ3n) is 5.44. The topological polar surface area (TPSA) is 123 Å². The smallest absolute Gasteiger partial charge is 0.325 e. The van der Waals surface area contributed by atoms with Crippen molar-refractivity contribution in [3.63, 3.8) is 0 Å². The van der Waals surface area contributed by atoms with Gasteiger partial charge in [0.15, 0.2) is 5.79 Å². The number of esters is 1. The molecule has 0 aliphatic carbocycles. The molecule has 2 heterocycles. The first-order valence-electron chi connectivity index (χ1n) is 8.98. The molecule has 0 aromatic rings. The fraction of sp³-hybridized carbons (Fsp3) is 0.833. The van der Waals surface area contributed by atoms with Gasteiger partial charge in [0, 0.05) is 23.9 Å². The van der Waals surface area contributed by atoms with E-state index in [1.807, 2.05) is 32.6 Å². The first kappa shape index (κ1) is 21.6. The SMILES string of the molecule is CCOC(=O)CN1C(C)(C)CC2(CC1(C)C)OCC(C(=O)O)(C(=O)O)CO2. The fourth-order valence-electron chi connectivity index (χ4n) is 4.29. The van der Waals surface area contributed by atoms with E-state index in [1.54, 1.807) is 6.92 Å². The van der Waals surface area contributed by atoms with Crippen LogP contribution in [0.4, 0.5) is 0 Å². The maximum absolute atomic E-state index is 12.0. The van der Waals surface area contributed by atoms with Gasteiger partial charge in [-0.05, 0) is 34.6 Å². The molecule has 0 aromatic carbocycles. The number of ether oxygens (including phenoxy) is 3. The summed E-state index contributed by atoms with van der Waals surface area (Å²) < 4.78 is 16.7. The zero-order valence-corrected chi connectivity index (χ0v) is 16.5. The lowest BCUT2D eigenvalue weighted by Gasteiger charge is -2.59. The van der Waals surface area contributed by atoms with Crippen molar-refractivity contribution in [3.8, 4) is 0 Å². The summed E-state index contributed by atoms with van der Waals surface area (Å²) >= 11 is 0. The van der Waals surface area contributed by atoms with Gasteiger partial charge in [0.2, 0.25) is 5.41 Å². The van der Waals surface area contributed by atoms with Crippen molar-refractivity contribution in [2.75, 3.05) is 26.4 Å². The lowest BCUT2D eigenvalue weighted by atomic mass is 9.75. The summed E-state index contributed by atoms with van der Waals surface area (Å²) in [5.41, 5.74) is -3.16. The van der Waals surface area contributed by atoms with Gasteiger partial charge in [-0.1, -0.05) is 0 Å². The number of carboxylic acids is 2. The van der Waals surface area contributed by atoms with E-state index in [2.05, 4.69) is 0 Å². The zero-order valence-electron chi connectivity index (χ0n) is 16.5. The van der Waals surface area contributed by atoms with Crippen LogP contribution in [-0.4, -0.2) is 76.3 Å². The van der Waals surface area contributed by atoms with Crippen LogP contribution in [0.5, 0.6) is 0 Å². The van der Waals surface area contributed by atoms with Crippen molar-refractivity contribution in [1.82, 2.24) is 4.90 Å².